The van der Waals surface area contributed by atoms with Gasteiger partial charge in [-0.2, -0.15) is 0 Å². The average molecular weight is 501 g/mol. The van der Waals surface area contributed by atoms with Gasteiger partial charge in [0, 0.05) is 43.0 Å². The number of aliphatic hydroxyl groups is 1. The molecule has 0 bridgehead atoms. The minimum Gasteiger partial charge on any atom is -0.459 e. The second-order valence-electron chi connectivity index (χ2n) is 8.35. The maximum absolute atomic E-state index is 13.2. The van der Waals surface area contributed by atoms with Crippen LogP contribution in [0.25, 0.3) is 0 Å². The Kier molecular flexibility index (Phi) is 7.63. The Morgan fingerprint density at radius 2 is 1.72 bits per heavy atom. The fourth-order valence-corrected chi connectivity index (χ4v) is 4.21. The molecular weight excluding hydrogens is 472 g/mol. The first-order chi connectivity index (χ1) is 15.5. The minimum atomic E-state index is -0.516. The van der Waals surface area contributed by atoms with E-state index < -0.39 is 6.29 Å². The van der Waals surface area contributed by atoms with Crippen molar-refractivity contribution in [3.63, 3.8) is 0 Å². The van der Waals surface area contributed by atoms with E-state index in [1.165, 1.54) is 0 Å². The van der Waals surface area contributed by atoms with Gasteiger partial charge in [-0.15, -0.1) is 0 Å². The van der Waals surface area contributed by atoms with Crippen LogP contribution in [0, 0.1) is 0 Å². The van der Waals surface area contributed by atoms with Crippen LogP contribution in [0.5, 0.6) is 0 Å². The van der Waals surface area contributed by atoms with E-state index in [1.54, 1.807) is 0 Å². The molecule has 2 heterocycles. The SMILES string of the molecule is CN1CCN(C(=O)C2=C[C@H](c3ccc(Br)cc3)C[C@H](OCc3ccc(CO)cc3)O2)CC1. The molecule has 0 spiro atoms. The Hall–Kier alpha value is -2.19. The van der Waals surface area contributed by atoms with Crippen LogP contribution in [-0.2, 0) is 27.5 Å². The van der Waals surface area contributed by atoms with Gasteiger partial charge in [0.2, 0.25) is 6.29 Å². The van der Waals surface area contributed by atoms with Crippen molar-refractivity contribution in [2.75, 3.05) is 33.2 Å². The second kappa shape index (κ2) is 10.6. The number of aliphatic hydroxyl groups excluding tert-OH is 1. The van der Waals surface area contributed by atoms with Gasteiger partial charge in [0.25, 0.3) is 5.91 Å². The van der Waals surface area contributed by atoms with E-state index in [9.17, 15) is 9.90 Å². The van der Waals surface area contributed by atoms with Crippen molar-refractivity contribution in [3.8, 4) is 0 Å². The number of piperazine rings is 1. The van der Waals surface area contributed by atoms with Gasteiger partial charge in [-0.05, 0) is 41.9 Å². The van der Waals surface area contributed by atoms with Gasteiger partial charge in [-0.25, -0.2) is 0 Å². The summed E-state index contributed by atoms with van der Waals surface area (Å²) in [5.41, 5.74) is 2.98. The fourth-order valence-electron chi connectivity index (χ4n) is 3.95. The van der Waals surface area contributed by atoms with E-state index in [0.717, 1.165) is 34.3 Å². The van der Waals surface area contributed by atoms with Gasteiger partial charge in [-0.3, -0.25) is 4.79 Å². The predicted molar refractivity (Wildman–Crippen MR) is 126 cm³/mol. The van der Waals surface area contributed by atoms with Gasteiger partial charge < -0.3 is 24.4 Å². The van der Waals surface area contributed by atoms with Gasteiger partial charge in [-0.1, -0.05) is 52.3 Å². The number of carbonyl (C=O) groups is 1. The Labute approximate surface area is 197 Å². The van der Waals surface area contributed by atoms with Crippen molar-refractivity contribution in [1.29, 1.82) is 0 Å². The van der Waals surface area contributed by atoms with Crippen LogP contribution < -0.4 is 0 Å². The van der Waals surface area contributed by atoms with Crippen molar-refractivity contribution in [3.05, 3.63) is 81.5 Å². The van der Waals surface area contributed by atoms with E-state index in [0.29, 0.717) is 31.9 Å². The number of nitrogens with zero attached hydrogens (tertiary/aromatic N) is 2. The molecule has 2 aromatic rings. The molecule has 2 aliphatic heterocycles. The summed E-state index contributed by atoms with van der Waals surface area (Å²) in [6, 6.07) is 15.8. The third-order valence-corrected chi connectivity index (χ3v) is 6.53. The number of hydrogen-bond acceptors (Lipinski definition) is 5. The summed E-state index contributed by atoms with van der Waals surface area (Å²) in [6.45, 7) is 3.50. The number of amides is 1. The fraction of sp³-hybridized carbons (Fsp3) is 0.400. The summed E-state index contributed by atoms with van der Waals surface area (Å²) in [5.74, 6) is 0.334. The van der Waals surface area contributed by atoms with Crippen molar-refractivity contribution in [2.24, 2.45) is 0 Å². The zero-order chi connectivity index (χ0) is 22.5. The summed E-state index contributed by atoms with van der Waals surface area (Å²) in [6.07, 6.45) is 2.06. The molecule has 0 saturated carbocycles. The number of halogens is 1. The summed E-state index contributed by atoms with van der Waals surface area (Å²) < 4.78 is 13.2. The highest BCUT2D eigenvalue weighted by Crippen LogP contribution is 2.33. The molecular formula is C25H29BrN2O4. The number of benzene rings is 2. The smallest absolute Gasteiger partial charge is 0.288 e. The van der Waals surface area contributed by atoms with Crippen molar-refractivity contribution in [2.45, 2.75) is 31.8 Å². The number of carbonyl (C=O) groups excluding carboxylic acids is 1. The molecule has 2 atom stereocenters. The molecule has 4 rings (SSSR count). The molecule has 6 nitrogen and oxygen atoms in total. The zero-order valence-electron chi connectivity index (χ0n) is 18.2. The Balaban J connectivity index is 1.49. The predicted octanol–water partition coefficient (Wildman–Crippen LogP) is 3.65. The molecule has 1 N–H and O–H groups in total. The second-order valence-corrected chi connectivity index (χ2v) is 9.27. The first-order valence-electron chi connectivity index (χ1n) is 10.9. The highest BCUT2D eigenvalue weighted by atomic mass is 79.9. The maximum atomic E-state index is 13.2. The number of ether oxygens (including phenoxy) is 2. The monoisotopic (exact) mass is 500 g/mol. The maximum Gasteiger partial charge on any atom is 0.288 e. The largest absolute Gasteiger partial charge is 0.459 e. The lowest BCUT2D eigenvalue weighted by molar-refractivity contribution is -0.156. The third-order valence-electron chi connectivity index (χ3n) is 6.00. The molecule has 0 unspecified atom stereocenters. The molecule has 1 amide bonds. The molecule has 1 saturated heterocycles. The molecule has 7 heteroatoms. The highest BCUT2D eigenvalue weighted by Gasteiger charge is 2.32. The van der Waals surface area contributed by atoms with Crippen molar-refractivity contribution in [1.82, 2.24) is 9.80 Å². The van der Waals surface area contributed by atoms with Gasteiger partial charge in [0.1, 0.15) is 0 Å². The van der Waals surface area contributed by atoms with Crippen LogP contribution >= 0.6 is 15.9 Å². The Morgan fingerprint density at radius 1 is 1.06 bits per heavy atom. The summed E-state index contributed by atoms with van der Waals surface area (Å²) in [4.78, 5) is 17.3. The molecule has 32 heavy (non-hydrogen) atoms. The number of rotatable bonds is 6. The molecule has 1 fully saturated rings. The average Bonchev–Trinajstić information content (AvgIpc) is 2.83. The topological polar surface area (TPSA) is 62.2 Å². The van der Waals surface area contributed by atoms with E-state index in [2.05, 4.69) is 40.0 Å². The van der Waals surface area contributed by atoms with Crippen molar-refractivity contribution < 1.29 is 19.4 Å². The number of allylic oxidation sites excluding steroid dienone is 1. The first kappa shape index (κ1) is 23.0. The molecule has 0 aromatic heterocycles. The first-order valence-corrected chi connectivity index (χ1v) is 11.7. The van der Waals surface area contributed by atoms with Gasteiger partial charge in [0.05, 0.1) is 13.2 Å². The van der Waals surface area contributed by atoms with Crippen LogP contribution in [0.1, 0.15) is 29.0 Å². The molecule has 0 aliphatic carbocycles. The summed E-state index contributed by atoms with van der Waals surface area (Å²) in [5, 5.41) is 9.22. The Morgan fingerprint density at radius 3 is 2.38 bits per heavy atom. The minimum absolute atomic E-state index is 0.0182. The van der Waals surface area contributed by atoms with Crippen LogP contribution in [-0.4, -0.2) is 60.3 Å². The van der Waals surface area contributed by atoms with Crippen molar-refractivity contribution >= 4 is 21.8 Å². The normalized spacial score (nSPS) is 21.7. The lowest BCUT2D eigenvalue weighted by Crippen LogP contribution is -2.48. The van der Waals surface area contributed by atoms with E-state index in [1.807, 2.05) is 47.4 Å². The lowest BCUT2D eigenvalue weighted by atomic mass is 9.93. The quantitative estimate of drug-likeness (QED) is 0.655. The lowest BCUT2D eigenvalue weighted by Gasteiger charge is -2.35. The number of hydrogen-bond donors (Lipinski definition) is 1. The standard InChI is InChI=1S/C25H29BrN2O4/c1-27-10-12-28(13-11-27)25(30)23-14-21(20-6-8-22(26)9-7-20)15-24(32-23)31-17-19-4-2-18(16-29)3-5-19/h2-9,14,21,24,29H,10-13,15-17H2,1H3/t21-,24+/m0/s1. The molecule has 2 aromatic carbocycles. The van der Waals surface area contributed by atoms with Crippen LogP contribution in [0.3, 0.4) is 0 Å². The van der Waals surface area contributed by atoms with E-state index >= 15 is 0 Å². The third kappa shape index (κ3) is 5.78. The van der Waals surface area contributed by atoms with Crippen LogP contribution in [0.15, 0.2) is 64.8 Å². The van der Waals surface area contributed by atoms with Crippen LogP contribution in [0.2, 0.25) is 0 Å². The molecule has 0 radical (unpaired) electrons. The van der Waals surface area contributed by atoms with Gasteiger partial charge in [0.15, 0.2) is 5.76 Å². The summed E-state index contributed by atoms with van der Waals surface area (Å²) >= 11 is 3.49. The van der Waals surface area contributed by atoms with Crippen LogP contribution in [0.4, 0.5) is 0 Å². The number of likely N-dealkylation sites (N-methyl/N-ethyl adjacent to an activating group) is 1. The molecule has 170 valence electrons. The molecule has 2 aliphatic rings. The zero-order valence-corrected chi connectivity index (χ0v) is 19.8. The van der Waals surface area contributed by atoms with E-state index in [4.69, 9.17) is 9.47 Å². The Bertz CT molecular complexity index is 937. The summed E-state index contributed by atoms with van der Waals surface area (Å²) in [7, 11) is 2.07. The highest BCUT2D eigenvalue weighted by molar-refractivity contribution is 9.10. The van der Waals surface area contributed by atoms with Gasteiger partial charge >= 0.3 is 0 Å². The van der Waals surface area contributed by atoms with E-state index in [-0.39, 0.29) is 18.4 Å².